The van der Waals surface area contributed by atoms with Crippen LogP contribution in [0.1, 0.15) is 12.8 Å². The van der Waals surface area contributed by atoms with Gasteiger partial charge in [-0.25, -0.2) is 27.5 Å². The second-order valence-electron chi connectivity index (χ2n) is 8.53. The molecule has 180 valence electrons. The molecule has 1 aliphatic heterocycles. The first-order chi connectivity index (χ1) is 16.8. The fraction of sp³-hybridized carbons (Fsp3) is 0.240. The predicted molar refractivity (Wildman–Crippen MR) is 123 cm³/mol. The van der Waals surface area contributed by atoms with E-state index in [1.807, 2.05) is 11.0 Å². The standard InChI is InChI=1S/C25H21F4N5O/c26-19-5-2-16(12-21(19)28)23-31-24(33-32-23)18-4-1-15(11-20(18)27)17-3-6-22(30-13-17)34-9-7-25(29,14-35)8-10-34/h1-6,11-13,35H,7-10,14H2,(H,31,32,33). The van der Waals surface area contributed by atoms with E-state index in [1.54, 1.807) is 24.4 Å². The molecule has 0 radical (unpaired) electrons. The van der Waals surface area contributed by atoms with Crippen molar-refractivity contribution in [2.45, 2.75) is 18.5 Å². The number of halogens is 4. The van der Waals surface area contributed by atoms with Gasteiger partial charge in [-0.3, -0.25) is 5.10 Å². The van der Waals surface area contributed by atoms with Crippen LogP contribution in [-0.4, -0.2) is 50.6 Å². The van der Waals surface area contributed by atoms with Crippen molar-refractivity contribution in [3.63, 3.8) is 0 Å². The van der Waals surface area contributed by atoms with E-state index in [0.717, 1.165) is 12.1 Å². The lowest BCUT2D eigenvalue weighted by Gasteiger charge is -2.35. The molecule has 2 N–H and O–H groups in total. The third-order valence-electron chi connectivity index (χ3n) is 6.24. The number of pyridine rings is 1. The number of nitrogens with one attached hydrogen (secondary N) is 1. The number of anilines is 1. The van der Waals surface area contributed by atoms with Gasteiger partial charge in [0, 0.05) is 43.3 Å². The predicted octanol–water partition coefficient (Wildman–Crippen LogP) is 4.92. The first-order valence-corrected chi connectivity index (χ1v) is 11.0. The van der Waals surface area contributed by atoms with Crippen LogP contribution >= 0.6 is 0 Å². The van der Waals surface area contributed by atoms with Gasteiger partial charge in [-0.05, 0) is 48.0 Å². The number of alkyl halides is 1. The minimum absolute atomic E-state index is 0.115. The average Bonchev–Trinajstić information content (AvgIpc) is 3.36. The molecule has 0 spiro atoms. The smallest absolute Gasteiger partial charge is 0.181 e. The van der Waals surface area contributed by atoms with Crippen LogP contribution in [0.2, 0.25) is 0 Å². The van der Waals surface area contributed by atoms with Gasteiger partial charge in [0.05, 0.1) is 12.2 Å². The zero-order valence-electron chi connectivity index (χ0n) is 18.5. The highest BCUT2D eigenvalue weighted by Crippen LogP contribution is 2.31. The second-order valence-corrected chi connectivity index (χ2v) is 8.53. The van der Waals surface area contributed by atoms with Crippen LogP contribution in [0.25, 0.3) is 33.9 Å². The Bertz CT molecular complexity index is 1350. The van der Waals surface area contributed by atoms with Crippen LogP contribution in [0.5, 0.6) is 0 Å². The summed E-state index contributed by atoms with van der Waals surface area (Å²) >= 11 is 0. The highest BCUT2D eigenvalue weighted by molar-refractivity contribution is 5.69. The van der Waals surface area contributed by atoms with Crippen molar-refractivity contribution in [2.24, 2.45) is 0 Å². The van der Waals surface area contributed by atoms with Crippen LogP contribution < -0.4 is 4.90 Å². The summed E-state index contributed by atoms with van der Waals surface area (Å²) in [5, 5.41) is 15.8. The van der Waals surface area contributed by atoms with Crippen molar-refractivity contribution in [1.29, 1.82) is 0 Å². The molecule has 0 atom stereocenters. The van der Waals surface area contributed by atoms with Crippen molar-refractivity contribution < 1.29 is 22.7 Å². The summed E-state index contributed by atoms with van der Waals surface area (Å²) in [4.78, 5) is 10.6. The van der Waals surface area contributed by atoms with Crippen LogP contribution in [0.15, 0.2) is 54.7 Å². The number of hydrogen-bond acceptors (Lipinski definition) is 5. The van der Waals surface area contributed by atoms with Crippen LogP contribution in [0.4, 0.5) is 23.4 Å². The van der Waals surface area contributed by atoms with Gasteiger partial charge in [-0.2, -0.15) is 5.10 Å². The second kappa shape index (κ2) is 9.10. The minimum atomic E-state index is -1.53. The number of aliphatic hydroxyl groups excluding tert-OH is 1. The number of benzene rings is 2. The fourth-order valence-corrected chi connectivity index (χ4v) is 4.07. The number of H-pyrrole nitrogens is 1. The summed E-state index contributed by atoms with van der Waals surface area (Å²) < 4.78 is 55.8. The third-order valence-corrected chi connectivity index (χ3v) is 6.24. The van der Waals surface area contributed by atoms with E-state index in [4.69, 9.17) is 0 Å². The Morgan fingerprint density at radius 1 is 0.886 bits per heavy atom. The van der Waals surface area contributed by atoms with Gasteiger partial charge >= 0.3 is 0 Å². The fourth-order valence-electron chi connectivity index (χ4n) is 4.07. The maximum atomic E-state index is 14.9. The van der Waals surface area contributed by atoms with E-state index in [9.17, 15) is 22.7 Å². The molecule has 0 aliphatic carbocycles. The molecule has 4 aromatic rings. The van der Waals surface area contributed by atoms with E-state index >= 15 is 0 Å². The largest absolute Gasteiger partial charge is 0.393 e. The molecule has 5 rings (SSSR count). The first kappa shape index (κ1) is 23.0. The van der Waals surface area contributed by atoms with E-state index in [0.29, 0.717) is 30.0 Å². The number of aromatic amines is 1. The maximum absolute atomic E-state index is 14.9. The quantitative estimate of drug-likeness (QED) is 0.394. The highest BCUT2D eigenvalue weighted by Gasteiger charge is 2.34. The molecule has 1 fully saturated rings. The molecular formula is C25H21F4N5O. The number of aliphatic hydroxyl groups is 1. The Morgan fingerprint density at radius 2 is 1.60 bits per heavy atom. The Balaban J connectivity index is 1.32. The molecule has 6 nitrogen and oxygen atoms in total. The molecule has 0 bridgehead atoms. The van der Waals surface area contributed by atoms with Gasteiger partial charge in [0.15, 0.2) is 23.3 Å². The number of rotatable bonds is 5. The Hall–Kier alpha value is -3.79. The van der Waals surface area contributed by atoms with E-state index in [-0.39, 0.29) is 35.6 Å². The van der Waals surface area contributed by atoms with Gasteiger partial charge in [0.2, 0.25) is 0 Å². The zero-order chi connectivity index (χ0) is 24.6. The van der Waals surface area contributed by atoms with Crippen LogP contribution in [0, 0.1) is 17.5 Å². The number of piperidine rings is 1. The maximum Gasteiger partial charge on any atom is 0.181 e. The van der Waals surface area contributed by atoms with Crippen LogP contribution in [-0.2, 0) is 0 Å². The monoisotopic (exact) mass is 483 g/mol. The van der Waals surface area contributed by atoms with Crippen molar-refractivity contribution in [3.8, 4) is 33.9 Å². The van der Waals surface area contributed by atoms with Crippen molar-refractivity contribution >= 4 is 5.82 Å². The molecule has 1 aliphatic rings. The lowest BCUT2D eigenvalue weighted by Crippen LogP contribution is -2.44. The highest BCUT2D eigenvalue weighted by atomic mass is 19.2. The lowest BCUT2D eigenvalue weighted by atomic mass is 9.94. The molecule has 0 amide bonds. The van der Waals surface area contributed by atoms with E-state index < -0.39 is 29.7 Å². The Kier molecular flexibility index (Phi) is 5.98. The van der Waals surface area contributed by atoms with Gasteiger partial charge < -0.3 is 10.0 Å². The molecule has 3 heterocycles. The topological polar surface area (TPSA) is 77.9 Å². The van der Waals surface area contributed by atoms with Crippen LogP contribution in [0.3, 0.4) is 0 Å². The average molecular weight is 483 g/mol. The number of hydrogen-bond donors (Lipinski definition) is 2. The molecule has 1 saturated heterocycles. The molecule has 0 saturated carbocycles. The molecule has 2 aromatic heterocycles. The zero-order valence-corrected chi connectivity index (χ0v) is 18.5. The van der Waals surface area contributed by atoms with Gasteiger partial charge in [0.1, 0.15) is 17.3 Å². The summed E-state index contributed by atoms with van der Waals surface area (Å²) in [6.07, 6.45) is 2.10. The van der Waals surface area contributed by atoms with E-state index in [1.165, 1.54) is 12.1 Å². The summed E-state index contributed by atoms with van der Waals surface area (Å²) in [6, 6.07) is 11.5. The third kappa shape index (κ3) is 4.61. The Morgan fingerprint density at radius 3 is 2.26 bits per heavy atom. The van der Waals surface area contributed by atoms with Gasteiger partial charge in [0.25, 0.3) is 0 Å². The summed E-state index contributed by atoms with van der Waals surface area (Å²) in [5.41, 5.74) is 0.206. The van der Waals surface area contributed by atoms with Gasteiger partial charge in [-0.1, -0.05) is 6.07 Å². The van der Waals surface area contributed by atoms with Gasteiger partial charge in [-0.15, -0.1) is 0 Å². The summed E-state index contributed by atoms with van der Waals surface area (Å²) in [5.74, 6) is -1.59. The number of nitrogens with zero attached hydrogens (tertiary/aromatic N) is 4. The molecule has 0 unspecified atom stereocenters. The normalized spacial score (nSPS) is 15.4. The minimum Gasteiger partial charge on any atom is -0.393 e. The lowest BCUT2D eigenvalue weighted by molar-refractivity contribution is 0.0480. The van der Waals surface area contributed by atoms with E-state index in [2.05, 4.69) is 20.2 Å². The molecule has 35 heavy (non-hydrogen) atoms. The van der Waals surface area contributed by atoms with Crippen molar-refractivity contribution in [3.05, 3.63) is 72.2 Å². The summed E-state index contributed by atoms with van der Waals surface area (Å²) in [7, 11) is 0. The first-order valence-electron chi connectivity index (χ1n) is 11.0. The van der Waals surface area contributed by atoms with Crippen molar-refractivity contribution in [2.75, 3.05) is 24.6 Å². The SMILES string of the molecule is OCC1(F)CCN(c2ccc(-c3ccc(-c4nc(-c5ccc(F)c(F)c5)n[nH]4)c(F)c3)cn2)CC1. The summed E-state index contributed by atoms with van der Waals surface area (Å²) in [6.45, 7) is 0.432. The Labute approximate surface area is 198 Å². The van der Waals surface area contributed by atoms with Crippen molar-refractivity contribution in [1.82, 2.24) is 20.2 Å². The molecular weight excluding hydrogens is 462 g/mol. The molecule has 10 heteroatoms. The number of aromatic nitrogens is 4. The molecule has 2 aromatic carbocycles.